The minimum absolute atomic E-state index is 0.233. The number of ether oxygens (including phenoxy) is 1. The fraction of sp³-hybridized carbons (Fsp3) is 0.667. The topological polar surface area (TPSA) is 41.1 Å². The van der Waals surface area contributed by atoms with E-state index in [9.17, 15) is 0 Å². The number of fused-ring (bicyclic) bond motifs is 2. The summed E-state index contributed by atoms with van der Waals surface area (Å²) in [6.07, 6.45) is 11.6. The van der Waals surface area contributed by atoms with Gasteiger partial charge in [0, 0.05) is 31.3 Å². The molecular formula is C21H29N3O. The summed E-state index contributed by atoms with van der Waals surface area (Å²) >= 11 is 0. The van der Waals surface area contributed by atoms with Crippen LogP contribution in [0.25, 0.3) is 11.0 Å². The van der Waals surface area contributed by atoms with Crippen molar-refractivity contribution in [2.45, 2.75) is 57.6 Å². The molecular weight excluding hydrogens is 310 g/mol. The first-order chi connectivity index (χ1) is 12.4. The van der Waals surface area contributed by atoms with Crippen LogP contribution in [0.2, 0.25) is 0 Å². The molecule has 134 valence electrons. The van der Waals surface area contributed by atoms with Crippen molar-refractivity contribution in [1.29, 1.82) is 0 Å². The zero-order valence-electron chi connectivity index (χ0n) is 15.0. The molecule has 0 aromatic carbocycles. The highest BCUT2D eigenvalue weighted by Crippen LogP contribution is 2.38. The van der Waals surface area contributed by atoms with Crippen LogP contribution in [0, 0.1) is 11.8 Å². The summed E-state index contributed by atoms with van der Waals surface area (Å²) in [5.41, 5.74) is 3.75. The van der Waals surface area contributed by atoms with Crippen molar-refractivity contribution in [1.82, 2.24) is 14.9 Å². The summed E-state index contributed by atoms with van der Waals surface area (Å²) in [6, 6.07) is 4.28. The second-order valence-electron chi connectivity index (χ2n) is 8.25. The third-order valence-corrected chi connectivity index (χ3v) is 6.72. The van der Waals surface area contributed by atoms with Crippen molar-refractivity contribution in [3.05, 3.63) is 29.6 Å². The molecule has 25 heavy (non-hydrogen) atoms. The van der Waals surface area contributed by atoms with Gasteiger partial charge in [0.2, 0.25) is 0 Å². The first kappa shape index (κ1) is 15.8. The van der Waals surface area contributed by atoms with E-state index in [1.54, 1.807) is 0 Å². The van der Waals surface area contributed by atoms with Crippen molar-refractivity contribution in [3.63, 3.8) is 0 Å². The van der Waals surface area contributed by atoms with Crippen molar-refractivity contribution in [2.24, 2.45) is 11.8 Å². The number of H-pyrrole nitrogens is 1. The Balaban J connectivity index is 1.42. The molecule has 3 fully saturated rings. The van der Waals surface area contributed by atoms with E-state index in [-0.39, 0.29) is 6.10 Å². The van der Waals surface area contributed by atoms with E-state index in [4.69, 9.17) is 4.74 Å². The lowest BCUT2D eigenvalue weighted by atomic mass is 9.75. The highest BCUT2D eigenvalue weighted by atomic mass is 16.5. The number of aromatic amines is 1. The monoisotopic (exact) mass is 339 g/mol. The molecule has 2 aliphatic heterocycles. The largest absolute Gasteiger partial charge is 0.372 e. The first-order valence-electron chi connectivity index (χ1n) is 10.2. The van der Waals surface area contributed by atoms with Gasteiger partial charge in [0.25, 0.3) is 0 Å². The number of piperidine rings is 1. The quantitative estimate of drug-likeness (QED) is 0.899. The lowest BCUT2D eigenvalue weighted by Gasteiger charge is -2.41. The molecule has 4 nitrogen and oxygen atoms in total. The van der Waals surface area contributed by atoms with Gasteiger partial charge in [0.1, 0.15) is 5.65 Å². The summed E-state index contributed by atoms with van der Waals surface area (Å²) in [5.74, 6) is 1.92. The lowest BCUT2D eigenvalue weighted by molar-refractivity contribution is 0.0796. The van der Waals surface area contributed by atoms with E-state index in [0.29, 0.717) is 0 Å². The smallest absolute Gasteiger partial charge is 0.137 e. The SMILES string of the molecule is c1cnc2[nH]c([C@@H]3CCCO3)c(CN3CC[C@H]4CCCC[C@H]4C3)c2c1. The molecule has 1 aliphatic carbocycles. The van der Waals surface area contributed by atoms with E-state index in [1.807, 2.05) is 6.20 Å². The van der Waals surface area contributed by atoms with Crippen LogP contribution in [0.5, 0.6) is 0 Å². The van der Waals surface area contributed by atoms with Gasteiger partial charge >= 0.3 is 0 Å². The molecule has 5 rings (SSSR count). The fourth-order valence-electron chi connectivity index (χ4n) is 5.39. The summed E-state index contributed by atoms with van der Waals surface area (Å²) in [7, 11) is 0. The molecule has 2 aromatic rings. The number of likely N-dealkylation sites (tertiary alicyclic amines) is 1. The van der Waals surface area contributed by atoms with Crippen LogP contribution in [0.1, 0.15) is 62.3 Å². The third kappa shape index (κ3) is 3.00. The van der Waals surface area contributed by atoms with Gasteiger partial charge in [0.05, 0.1) is 11.8 Å². The van der Waals surface area contributed by atoms with Gasteiger partial charge in [-0.1, -0.05) is 19.3 Å². The zero-order valence-corrected chi connectivity index (χ0v) is 15.0. The maximum absolute atomic E-state index is 6.01. The Labute approximate surface area is 150 Å². The molecule has 0 bridgehead atoms. The van der Waals surface area contributed by atoms with Crippen molar-refractivity contribution < 1.29 is 4.74 Å². The van der Waals surface area contributed by atoms with Crippen molar-refractivity contribution in [3.8, 4) is 0 Å². The van der Waals surface area contributed by atoms with Crippen LogP contribution < -0.4 is 0 Å². The standard InChI is InChI=1S/C21H29N3O/c1-2-6-16-13-24(11-9-15(16)5-1)14-18-17-7-3-10-22-21(17)23-20(18)19-8-4-12-25-19/h3,7,10,15-16,19H,1-2,4-6,8-9,11-14H2,(H,22,23)/t15-,16+,19+/m1/s1. The molecule has 3 aliphatic rings. The number of nitrogens with one attached hydrogen (secondary N) is 1. The normalized spacial score (nSPS) is 30.6. The maximum atomic E-state index is 6.01. The van der Waals surface area contributed by atoms with Crippen LogP contribution >= 0.6 is 0 Å². The van der Waals surface area contributed by atoms with Crippen LogP contribution in [-0.2, 0) is 11.3 Å². The molecule has 0 amide bonds. The second kappa shape index (κ2) is 6.73. The highest BCUT2D eigenvalue weighted by molar-refractivity contribution is 5.81. The van der Waals surface area contributed by atoms with Gasteiger partial charge in [-0.25, -0.2) is 4.98 Å². The number of pyridine rings is 1. The van der Waals surface area contributed by atoms with E-state index in [1.165, 1.54) is 68.3 Å². The molecule has 3 atom stereocenters. The number of aromatic nitrogens is 2. The van der Waals surface area contributed by atoms with Gasteiger partial charge in [-0.3, -0.25) is 4.90 Å². The molecule has 2 saturated heterocycles. The van der Waals surface area contributed by atoms with E-state index >= 15 is 0 Å². The van der Waals surface area contributed by atoms with Crippen LogP contribution in [0.3, 0.4) is 0 Å². The molecule has 1 saturated carbocycles. The van der Waals surface area contributed by atoms with Crippen LogP contribution in [0.15, 0.2) is 18.3 Å². The average Bonchev–Trinajstić information content (AvgIpc) is 3.30. The molecule has 0 radical (unpaired) electrons. The molecule has 1 N–H and O–H groups in total. The average molecular weight is 339 g/mol. The summed E-state index contributed by atoms with van der Waals surface area (Å²) < 4.78 is 6.01. The van der Waals surface area contributed by atoms with Gasteiger partial charge < -0.3 is 9.72 Å². The molecule has 0 spiro atoms. The second-order valence-corrected chi connectivity index (χ2v) is 8.25. The van der Waals surface area contributed by atoms with Gasteiger partial charge in [-0.2, -0.15) is 0 Å². The fourth-order valence-corrected chi connectivity index (χ4v) is 5.39. The number of rotatable bonds is 3. The van der Waals surface area contributed by atoms with Crippen molar-refractivity contribution >= 4 is 11.0 Å². The summed E-state index contributed by atoms with van der Waals surface area (Å²) in [4.78, 5) is 10.8. The molecule has 2 aromatic heterocycles. The number of hydrogen-bond donors (Lipinski definition) is 1. The summed E-state index contributed by atoms with van der Waals surface area (Å²) in [6.45, 7) is 4.46. The Bertz CT molecular complexity index is 734. The van der Waals surface area contributed by atoms with Crippen LogP contribution in [0.4, 0.5) is 0 Å². The first-order valence-corrected chi connectivity index (χ1v) is 10.2. The number of hydrogen-bond acceptors (Lipinski definition) is 3. The minimum Gasteiger partial charge on any atom is -0.372 e. The van der Waals surface area contributed by atoms with Crippen molar-refractivity contribution in [2.75, 3.05) is 19.7 Å². The molecule has 4 heterocycles. The predicted octanol–water partition coefficient (Wildman–Crippen LogP) is 4.43. The molecule has 0 unspecified atom stereocenters. The Morgan fingerprint density at radius 1 is 1.12 bits per heavy atom. The Morgan fingerprint density at radius 3 is 2.92 bits per heavy atom. The third-order valence-electron chi connectivity index (χ3n) is 6.72. The van der Waals surface area contributed by atoms with Crippen LogP contribution in [-0.4, -0.2) is 34.6 Å². The van der Waals surface area contributed by atoms with Gasteiger partial charge in [-0.15, -0.1) is 0 Å². The maximum Gasteiger partial charge on any atom is 0.137 e. The predicted molar refractivity (Wildman–Crippen MR) is 99.4 cm³/mol. The minimum atomic E-state index is 0.233. The Hall–Kier alpha value is -1.39. The van der Waals surface area contributed by atoms with E-state index in [2.05, 4.69) is 27.0 Å². The lowest BCUT2D eigenvalue weighted by Crippen LogP contribution is -2.41. The van der Waals surface area contributed by atoms with Gasteiger partial charge in [-0.05, 0) is 61.8 Å². The van der Waals surface area contributed by atoms with Gasteiger partial charge in [0.15, 0.2) is 0 Å². The Morgan fingerprint density at radius 2 is 2.04 bits per heavy atom. The highest BCUT2D eigenvalue weighted by Gasteiger charge is 2.32. The zero-order chi connectivity index (χ0) is 16.6. The van der Waals surface area contributed by atoms with E-state index in [0.717, 1.165) is 37.1 Å². The van der Waals surface area contributed by atoms with E-state index < -0.39 is 0 Å². The molecule has 4 heteroatoms. The Kier molecular flexibility index (Phi) is 4.26. The summed E-state index contributed by atoms with van der Waals surface area (Å²) in [5, 5.41) is 1.29. The number of nitrogens with zero attached hydrogens (tertiary/aromatic N) is 2.